The average molecular weight is 485 g/mol. The van der Waals surface area contributed by atoms with Crippen LogP contribution >= 0.6 is 35.7 Å². The van der Waals surface area contributed by atoms with E-state index in [4.69, 9.17) is 0 Å². The lowest BCUT2D eigenvalue weighted by Crippen LogP contribution is -2.38. The van der Waals surface area contributed by atoms with E-state index in [1.165, 1.54) is 4.90 Å². The lowest BCUT2D eigenvalue weighted by atomic mass is 10.3. The van der Waals surface area contributed by atoms with Crippen LogP contribution in [0.2, 0.25) is 0 Å². The molecule has 0 unspecified atom stereocenters. The minimum Gasteiger partial charge on any atom is -0.363 e. The Labute approximate surface area is 178 Å². The summed E-state index contributed by atoms with van der Waals surface area (Å²) in [6, 6.07) is 16.5. The highest BCUT2D eigenvalue weighted by Crippen LogP contribution is 2.15. The zero-order valence-electron chi connectivity index (χ0n) is 15.6. The van der Waals surface area contributed by atoms with Crippen molar-refractivity contribution >= 4 is 47.5 Å². The molecule has 1 aromatic carbocycles. The number of guanidine groups is 1. The summed E-state index contributed by atoms with van der Waals surface area (Å²) in [4.78, 5) is 12.5. The van der Waals surface area contributed by atoms with E-state index in [0.717, 1.165) is 36.3 Å². The molecule has 1 aromatic heterocycles. The number of hydrogen-bond donors (Lipinski definition) is 2. The molecule has 0 saturated carbocycles. The molecule has 2 rings (SSSR count). The zero-order valence-corrected chi connectivity index (χ0v) is 18.8. The number of nitrogens with one attached hydrogen (secondary N) is 2. The molecule has 2 N–H and O–H groups in total. The van der Waals surface area contributed by atoms with Crippen molar-refractivity contribution in [3.05, 3.63) is 54.2 Å². The summed E-state index contributed by atoms with van der Waals surface area (Å²) in [5.41, 5.74) is 0.960. The largest absolute Gasteiger partial charge is 0.363 e. The number of hydrogen-bond acceptors (Lipinski definition) is 4. The first-order valence-electron chi connectivity index (χ1n) is 8.52. The monoisotopic (exact) mass is 485 g/mol. The van der Waals surface area contributed by atoms with Gasteiger partial charge in [0.05, 0.1) is 12.2 Å². The number of rotatable bonds is 8. The third kappa shape index (κ3) is 8.27. The predicted molar refractivity (Wildman–Crippen MR) is 124 cm³/mol. The first-order valence-corrected chi connectivity index (χ1v) is 9.51. The molecule has 0 saturated heterocycles. The van der Waals surface area contributed by atoms with E-state index in [0.29, 0.717) is 6.54 Å². The van der Waals surface area contributed by atoms with Crippen molar-refractivity contribution in [3.8, 4) is 0 Å². The van der Waals surface area contributed by atoms with Gasteiger partial charge in [0.15, 0.2) is 5.96 Å². The highest BCUT2D eigenvalue weighted by molar-refractivity contribution is 14.0. The molecule has 1 heterocycles. The number of pyridine rings is 1. The quantitative estimate of drug-likeness (QED) is 0.197. The molecule has 0 radical (unpaired) electrons. The Morgan fingerprint density at radius 3 is 2.54 bits per heavy atom. The fraction of sp³-hybridized carbons (Fsp3) is 0.368. The van der Waals surface area contributed by atoms with Crippen LogP contribution in [-0.2, 0) is 6.54 Å². The second kappa shape index (κ2) is 12.8. The number of aromatic nitrogens is 1. The minimum absolute atomic E-state index is 0. The lowest BCUT2D eigenvalue weighted by molar-refractivity contribution is 0.836. The van der Waals surface area contributed by atoms with Gasteiger partial charge >= 0.3 is 0 Å². The molecule has 0 aliphatic rings. The van der Waals surface area contributed by atoms with Gasteiger partial charge in [-0.3, -0.25) is 0 Å². The molecule has 5 nitrogen and oxygen atoms in total. The van der Waals surface area contributed by atoms with Crippen molar-refractivity contribution in [3.63, 3.8) is 0 Å². The molecule has 0 fully saturated rings. The van der Waals surface area contributed by atoms with Crippen LogP contribution in [0.4, 0.5) is 5.82 Å². The van der Waals surface area contributed by atoms with Crippen molar-refractivity contribution in [2.24, 2.45) is 4.99 Å². The molecule has 7 heteroatoms. The maximum atomic E-state index is 4.63. The molecule has 0 atom stereocenters. The Balaban J connectivity index is 0.00000338. The van der Waals surface area contributed by atoms with Crippen LogP contribution in [0.5, 0.6) is 0 Å². The van der Waals surface area contributed by atoms with Gasteiger partial charge in [0.2, 0.25) is 0 Å². The molecular formula is C19H28IN5S. The summed E-state index contributed by atoms with van der Waals surface area (Å²) >= 11 is 1.84. The number of thioether (sulfide) groups is 1. The van der Waals surface area contributed by atoms with Gasteiger partial charge in [-0.25, -0.2) is 9.98 Å². The van der Waals surface area contributed by atoms with Crippen molar-refractivity contribution in [2.45, 2.75) is 18.4 Å². The summed E-state index contributed by atoms with van der Waals surface area (Å²) in [6.07, 6.45) is 0. The third-order valence-electron chi connectivity index (χ3n) is 3.40. The Hall–Kier alpha value is -1.48. The number of nitrogens with zero attached hydrogens (tertiary/aromatic N) is 3. The molecule has 26 heavy (non-hydrogen) atoms. The van der Waals surface area contributed by atoms with Gasteiger partial charge in [-0.1, -0.05) is 24.3 Å². The summed E-state index contributed by atoms with van der Waals surface area (Å²) in [7, 11) is 3.98. The summed E-state index contributed by atoms with van der Waals surface area (Å²) in [5.74, 6) is 2.76. The smallest absolute Gasteiger partial charge is 0.191 e. The molecule has 0 aliphatic heterocycles. The number of aliphatic imine (C=N–C) groups is 1. The Morgan fingerprint density at radius 1 is 1.08 bits per heavy atom. The number of benzene rings is 1. The van der Waals surface area contributed by atoms with Crippen LogP contribution in [0.25, 0.3) is 0 Å². The molecule has 0 amide bonds. The third-order valence-corrected chi connectivity index (χ3v) is 4.41. The second-order valence-corrected chi connectivity index (χ2v) is 6.83. The first kappa shape index (κ1) is 22.6. The lowest BCUT2D eigenvalue weighted by Gasteiger charge is -2.13. The van der Waals surface area contributed by atoms with E-state index in [-0.39, 0.29) is 24.0 Å². The minimum atomic E-state index is 0. The molecule has 142 valence electrons. The van der Waals surface area contributed by atoms with E-state index in [2.05, 4.69) is 51.8 Å². The Kier molecular flexibility index (Phi) is 11.1. The second-order valence-electron chi connectivity index (χ2n) is 5.67. The van der Waals surface area contributed by atoms with Gasteiger partial charge in [0, 0.05) is 37.8 Å². The summed E-state index contributed by atoms with van der Waals surface area (Å²) in [5, 5.41) is 6.66. The van der Waals surface area contributed by atoms with Crippen LogP contribution in [0.1, 0.15) is 12.6 Å². The van der Waals surface area contributed by atoms with Gasteiger partial charge in [-0.05, 0) is 31.2 Å². The maximum Gasteiger partial charge on any atom is 0.191 e. The molecule has 2 aromatic rings. The van der Waals surface area contributed by atoms with Crippen LogP contribution in [0.3, 0.4) is 0 Å². The van der Waals surface area contributed by atoms with E-state index < -0.39 is 0 Å². The topological polar surface area (TPSA) is 52.6 Å². The fourth-order valence-electron chi connectivity index (χ4n) is 2.16. The van der Waals surface area contributed by atoms with Crippen LogP contribution < -0.4 is 15.5 Å². The van der Waals surface area contributed by atoms with Crippen molar-refractivity contribution in [1.29, 1.82) is 0 Å². The Bertz CT molecular complexity index is 664. The standard InChI is InChI=1S/C19H27N5S.HI/c1-4-20-19(21-13-14-25-17-10-6-5-7-11-17)22-15-16-9-8-12-18(23-16)24(2)3;/h5-12H,4,13-15H2,1-3H3,(H2,20,21,22);1H. The first-order chi connectivity index (χ1) is 12.2. The van der Waals surface area contributed by atoms with Crippen molar-refractivity contribution < 1.29 is 0 Å². The fourth-order valence-corrected chi connectivity index (χ4v) is 2.95. The van der Waals surface area contributed by atoms with Gasteiger partial charge < -0.3 is 15.5 Å². The summed E-state index contributed by atoms with van der Waals surface area (Å²) < 4.78 is 0. The maximum absolute atomic E-state index is 4.63. The van der Waals surface area contributed by atoms with Crippen LogP contribution in [0, 0.1) is 0 Å². The average Bonchev–Trinajstić information content (AvgIpc) is 2.64. The van der Waals surface area contributed by atoms with E-state index >= 15 is 0 Å². The predicted octanol–water partition coefficient (Wildman–Crippen LogP) is 3.61. The van der Waals surface area contributed by atoms with Gasteiger partial charge in [-0.15, -0.1) is 35.7 Å². The SMILES string of the molecule is CCNC(=NCc1cccc(N(C)C)n1)NCCSc1ccccc1.I. The van der Waals surface area contributed by atoms with E-state index in [1.54, 1.807) is 0 Å². The molecule has 0 spiro atoms. The zero-order chi connectivity index (χ0) is 17.9. The van der Waals surface area contributed by atoms with Gasteiger partial charge in [0.25, 0.3) is 0 Å². The molecular weight excluding hydrogens is 457 g/mol. The van der Waals surface area contributed by atoms with Gasteiger partial charge in [-0.2, -0.15) is 0 Å². The van der Waals surface area contributed by atoms with Crippen molar-refractivity contribution in [2.75, 3.05) is 37.8 Å². The van der Waals surface area contributed by atoms with E-state index in [9.17, 15) is 0 Å². The van der Waals surface area contributed by atoms with Gasteiger partial charge in [0.1, 0.15) is 5.82 Å². The normalized spacial score (nSPS) is 10.8. The highest BCUT2D eigenvalue weighted by Gasteiger charge is 2.01. The molecule has 0 bridgehead atoms. The number of anilines is 1. The van der Waals surface area contributed by atoms with Crippen LogP contribution in [0.15, 0.2) is 58.4 Å². The Morgan fingerprint density at radius 2 is 1.85 bits per heavy atom. The highest BCUT2D eigenvalue weighted by atomic mass is 127. The van der Waals surface area contributed by atoms with Crippen molar-refractivity contribution in [1.82, 2.24) is 15.6 Å². The summed E-state index contributed by atoms with van der Waals surface area (Å²) in [6.45, 7) is 4.32. The molecule has 0 aliphatic carbocycles. The van der Waals surface area contributed by atoms with E-state index in [1.807, 2.05) is 55.0 Å². The number of halogens is 1. The van der Waals surface area contributed by atoms with Crippen LogP contribution in [-0.4, -0.2) is 43.9 Å².